The number of rotatable bonds is 4. The summed E-state index contributed by atoms with van der Waals surface area (Å²) in [4.78, 5) is 25.4. The van der Waals surface area contributed by atoms with E-state index in [1.165, 1.54) is 11.0 Å². The minimum atomic E-state index is -1.10. The molecule has 0 spiro atoms. The zero-order chi connectivity index (χ0) is 22.9. The van der Waals surface area contributed by atoms with Crippen LogP contribution in [0.5, 0.6) is 0 Å². The molecule has 0 saturated carbocycles. The van der Waals surface area contributed by atoms with E-state index >= 15 is 0 Å². The van der Waals surface area contributed by atoms with Gasteiger partial charge in [-0.1, -0.05) is 66.7 Å². The van der Waals surface area contributed by atoms with E-state index in [2.05, 4.69) is 17.4 Å². The van der Waals surface area contributed by atoms with Crippen molar-refractivity contribution in [2.24, 2.45) is 0 Å². The predicted molar refractivity (Wildman–Crippen MR) is 121 cm³/mol. The fraction of sp³-hybridized carbons (Fsp3) is 0.231. The first-order valence-electron chi connectivity index (χ1n) is 10.9. The van der Waals surface area contributed by atoms with Gasteiger partial charge >= 0.3 is 12.2 Å². The van der Waals surface area contributed by atoms with Crippen LogP contribution in [0, 0.1) is 5.82 Å². The lowest BCUT2D eigenvalue weighted by Crippen LogP contribution is -2.41. The van der Waals surface area contributed by atoms with Gasteiger partial charge in [-0.3, -0.25) is 0 Å². The number of nitrogens with one attached hydrogen (secondary N) is 1. The Hall–Kier alpha value is -3.87. The van der Waals surface area contributed by atoms with Crippen LogP contribution < -0.4 is 5.32 Å². The summed E-state index contributed by atoms with van der Waals surface area (Å²) in [5.41, 5.74) is 4.86. The van der Waals surface area contributed by atoms with Gasteiger partial charge in [0.1, 0.15) is 12.4 Å². The van der Waals surface area contributed by atoms with Crippen LogP contribution in [0.3, 0.4) is 0 Å². The number of hydrogen-bond acceptors (Lipinski definition) is 3. The SMILES string of the molecule is O=C(N[C@H]1CN(C(=O)O)C[C@@H]1c1ccccc1F)OCC1c2ccccc2-c2ccccc21. The van der Waals surface area contributed by atoms with Gasteiger partial charge in [0, 0.05) is 24.9 Å². The topological polar surface area (TPSA) is 78.9 Å². The lowest BCUT2D eigenvalue weighted by molar-refractivity contribution is 0.136. The van der Waals surface area contributed by atoms with E-state index < -0.39 is 30.0 Å². The van der Waals surface area contributed by atoms with Crippen LogP contribution in [0.25, 0.3) is 11.1 Å². The highest BCUT2D eigenvalue weighted by molar-refractivity contribution is 5.79. The van der Waals surface area contributed by atoms with E-state index in [1.807, 2.05) is 36.4 Å². The molecule has 33 heavy (non-hydrogen) atoms. The van der Waals surface area contributed by atoms with Gasteiger partial charge in [-0.2, -0.15) is 0 Å². The van der Waals surface area contributed by atoms with Crippen molar-refractivity contribution in [3.8, 4) is 11.1 Å². The number of halogens is 1. The maximum absolute atomic E-state index is 14.4. The van der Waals surface area contributed by atoms with E-state index in [4.69, 9.17) is 4.74 Å². The van der Waals surface area contributed by atoms with E-state index in [-0.39, 0.29) is 25.6 Å². The normalized spacial score (nSPS) is 19.1. The fourth-order valence-corrected chi connectivity index (χ4v) is 4.99. The van der Waals surface area contributed by atoms with Crippen LogP contribution in [-0.2, 0) is 4.74 Å². The number of hydrogen-bond donors (Lipinski definition) is 2. The first kappa shape index (κ1) is 21.0. The lowest BCUT2D eigenvalue weighted by atomic mass is 9.94. The molecule has 168 valence electrons. The largest absolute Gasteiger partial charge is 0.465 e. The van der Waals surface area contributed by atoms with Crippen LogP contribution in [0.2, 0.25) is 0 Å². The van der Waals surface area contributed by atoms with Gasteiger partial charge in [0.2, 0.25) is 0 Å². The van der Waals surface area contributed by atoms with Crippen molar-refractivity contribution >= 4 is 12.2 Å². The maximum Gasteiger partial charge on any atom is 0.407 e. The minimum Gasteiger partial charge on any atom is -0.465 e. The molecular weight excluding hydrogens is 423 g/mol. The molecule has 0 unspecified atom stereocenters. The van der Waals surface area contributed by atoms with Gasteiger partial charge in [-0.15, -0.1) is 0 Å². The molecule has 3 aromatic carbocycles. The van der Waals surface area contributed by atoms with E-state index in [9.17, 15) is 19.1 Å². The van der Waals surface area contributed by atoms with Gasteiger partial charge in [0.05, 0.1) is 6.04 Å². The van der Waals surface area contributed by atoms with E-state index in [0.29, 0.717) is 5.56 Å². The fourth-order valence-electron chi connectivity index (χ4n) is 4.99. The molecule has 0 radical (unpaired) electrons. The van der Waals surface area contributed by atoms with Crippen molar-refractivity contribution < 1.29 is 23.8 Å². The Morgan fingerprint density at radius 2 is 1.48 bits per heavy atom. The molecule has 2 atom stereocenters. The number of nitrogens with zero attached hydrogens (tertiary/aromatic N) is 1. The number of amides is 2. The first-order valence-corrected chi connectivity index (χ1v) is 10.9. The summed E-state index contributed by atoms with van der Waals surface area (Å²) in [5.74, 6) is -0.999. The molecule has 1 aliphatic heterocycles. The Balaban J connectivity index is 1.31. The summed E-state index contributed by atoms with van der Waals surface area (Å²) in [6.07, 6.45) is -1.75. The first-order chi connectivity index (χ1) is 16.0. The Morgan fingerprint density at radius 1 is 0.909 bits per heavy atom. The predicted octanol–water partition coefficient (Wildman–Crippen LogP) is 4.81. The van der Waals surface area contributed by atoms with Gasteiger partial charge in [0.25, 0.3) is 0 Å². The molecule has 7 heteroatoms. The second-order valence-corrected chi connectivity index (χ2v) is 8.39. The molecule has 1 fully saturated rings. The third kappa shape index (κ3) is 3.91. The third-order valence-corrected chi connectivity index (χ3v) is 6.54. The van der Waals surface area contributed by atoms with Crippen molar-refractivity contribution in [2.45, 2.75) is 17.9 Å². The molecule has 1 heterocycles. The second-order valence-electron chi connectivity index (χ2n) is 8.39. The molecule has 1 saturated heterocycles. The number of ether oxygens (including phenoxy) is 1. The Labute approximate surface area is 190 Å². The number of carbonyl (C=O) groups is 2. The highest BCUT2D eigenvalue weighted by atomic mass is 19.1. The third-order valence-electron chi connectivity index (χ3n) is 6.54. The van der Waals surface area contributed by atoms with Gasteiger partial charge in [-0.25, -0.2) is 14.0 Å². The quantitative estimate of drug-likeness (QED) is 0.603. The van der Waals surface area contributed by atoms with Crippen LogP contribution >= 0.6 is 0 Å². The summed E-state index contributed by atoms with van der Waals surface area (Å²) >= 11 is 0. The highest BCUT2D eigenvalue weighted by Crippen LogP contribution is 2.44. The number of alkyl carbamates (subject to hydrolysis) is 1. The standard InChI is InChI=1S/C26H23FN2O4/c27-23-12-6-5-11-20(23)21-13-29(26(31)32)14-24(21)28-25(30)33-15-22-18-9-3-1-7-16(18)17-8-2-4-10-19(17)22/h1-12,21-22,24H,13-15H2,(H,28,30)(H,31,32)/t21-,24+/m1/s1. The molecule has 2 amide bonds. The average molecular weight is 446 g/mol. The molecule has 0 aromatic heterocycles. The number of likely N-dealkylation sites (tertiary alicyclic amines) is 1. The maximum atomic E-state index is 14.4. The van der Waals surface area contributed by atoms with Gasteiger partial charge in [0.15, 0.2) is 0 Å². The average Bonchev–Trinajstić information content (AvgIpc) is 3.37. The summed E-state index contributed by atoms with van der Waals surface area (Å²) in [5, 5.41) is 12.2. The van der Waals surface area contributed by atoms with Crippen LogP contribution in [0.1, 0.15) is 28.5 Å². The summed E-state index contributed by atoms with van der Waals surface area (Å²) in [6, 6.07) is 21.8. The molecule has 5 rings (SSSR count). The zero-order valence-corrected chi connectivity index (χ0v) is 17.8. The molecule has 1 aliphatic carbocycles. The van der Waals surface area contributed by atoms with Crippen molar-refractivity contribution in [2.75, 3.05) is 19.7 Å². The minimum absolute atomic E-state index is 0.0680. The van der Waals surface area contributed by atoms with E-state index in [1.54, 1.807) is 18.2 Å². The van der Waals surface area contributed by atoms with Crippen LogP contribution in [0.4, 0.5) is 14.0 Å². The molecule has 0 bridgehead atoms. The molecule has 2 aliphatic rings. The van der Waals surface area contributed by atoms with Crippen LogP contribution in [-0.4, -0.2) is 47.9 Å². The van der Waals surface area contributed by atoms with Gasteiger partial charge in [-0.05, 0) is 33.9 Å². The van der Waals surface area contributed by atoms with Crippen molar-refractivity contribution in [1.29, 1.82) is 0 Å². The van der Waals surface area contributed by atoms with Crippen LogP contribution in [0.15, 0.2) is 72.8 Å². The van der Waals surface area contributed by atoms with Crippen molar-refractivity contribution in [3.05, 3.63) is 95.3 Å². The number of benzene rings is 3. The molecular formula is C26H23FN2O4. The second kappa shape index (κ2) is 8.58. The number of carbonyl (C=O) groups excluding carboxylic acids is 1. The smallest absolute Gasteiger partial charge is 0.407 e. The van der Waals surface area contributed by atoms with Crippen molar-refractivity contribution in [3.63, 3.8) is 0 Å². The summed E-state index contributed by atoms with van der Waals surface area (Å²) in [6.45, 7) is 0.322. The lowest BCUT2D eigenvalue weighted by Gasteiger charge is -2.21. The zero-order valence-electron chi connectivity index (χ0n) is 17.8. The van der Waals surface area contributed by atoms with Crippen molar-refractivity contribution in [1.82, 2.24) is 10.2 Å². The summed E-state index contributed by atoms with van der Waals surface area (Å²) in [7, 11) is 0. The van der Waals surface area contributed by atoms with E-state index in [0.717, 1.165) is 22.3 Å². The molecule has 3 aromatic rings. The molecule has 2 N–H and O–H groups in total. The number of carboxylic acid groups (broad SMARTS) is 1. The van der Waals surface area contributed by atoms with Gasteiger partial charge < -0.3 is 20.1 Å². The molecule has 6 nitrogen and oxygen atoms in total. The Bertz CT molecular complexity index is 1170. The Morgan fingerprint density at radius 3 is 2.09 bits per heavy atom. The number of fused-ring (bicyclic) bond motifs is 3. The monoisotopic (exact) mass is 446 g/mol. The Kier molecular flexibility index (Phi) is 5.46. The highest BCUT2D eigenvalue weighted by Gasteiger charge is 2.39. The summed E-state index contributed by atoms with van der Waals surface area (Å²) < 4.78 is 20.0.